The first-order valence-electron chi connectivity index (χ1n) is 9.64. The molecule has 0 aliphatic carbocycles. The second kappa shape index (κ2) is 8.13. The summed E-state index contributed by atoms with van der Waals surface area (Å²) < 4.78 is 35.6. The summed E-state index contributed by atoms with van der Waals surface area (Å²) in [5.74, 6) is -0.137. The molecule has 0 N–H and O–H groups in total. The Bertz CT molecular complexity index is 1010. The lowest BCUT2D eigenvalue weighted by Crippen LogP contribution is -2.57. The van der Waals surface area contributed by atoms with Crippen molar-refractivity contribution in [2.24, 2.45) is 0 Å². The summed E-state index contributed by atoms with van der Waals surface area (Å²) in [6.07, 6.45) is -0.266. The number of benzene rings is 1. The Hall–Kier alpha value is -1.23. The molecule has 0 radical (unpaired) electrons. The molecule has 158 valence electrons. The Kier molecular flexibility index (Phi) is 5.89. The van der Waals surface area contributed by atoms with Gasteiger partial charge in [-0.25, -0.2) is 0 Å². The van der Waals surface area contributed by atoms with Crippen molar-refractivity contribution in [2.45, 2.75) is 26.1 Å². The van der Waals surface area contributed by atoms with E-state index in [9.17, 15) is 13.2 Å². The van der Waals surface area contributed by atoms with Gasteiger partial charge in [0.25, 0.3) is 16.1 Å². The van der Waals surface area contributed by atoms with Crippen LogP contribution in [0.25, 0.3) is 10.1 Å². The van der Waals surface area contributed by atoms with E-state index < -0.39 is 10.2 Å². The van der Waals surface area contributed by atoms with Crippen molar-refractivity contribution in [1.29, 1.82) is 0 Å². The van der Waals surface area contributed by atoms with E-state index in [1.165, 1.54) is 19.9 Å². The predicted molar refractivity (Wildman–Crippen MR) is 115 cm³/mol. The molecule has 1 amide bonds. The first kappa shape index (κ1) is 21.0. The lowest BCUT2D eigenvalue weighted by molar-refractivity contribution is -0.0457. The van der Waals surface area contributed by atoms with Crippen LogP contribution < -0.4 is 0 Å². The molecule has 2 aliphatic heterocycles. The quantitative estimate of drug-likeness (QED) is 0.710. The second-order valence-corrected chi connectivity index (χ2v) is 10.9. The van der Waals surface area contributed by atoms with Crippen molar-refractivity contribution in [3.05, 3.63) is 34.2 Å². The highest BCUT2D eigenvalue weighted by Gasteiger charge is 2.37. The van der Waals surface area contributed by atoms with Crippen LogP contribution in [-0.4, -0.2) is 79.3 Å². The lowest BCUT2D eigenvalue weighted by atomic mass is 10.2. The van der Waals surface area contributed by atoms with E-state index in [1.54, 1.807) is 4.90 Å². The Morgan fingerprint density at radius 1 is 1.07 bits per heavy atom. The van der Waals surface area contributed by atoms with Gasteiger partial charge in [-0.3, -0.25) is 4.79 Å². The predicted octanol–water partition coefficient (Wildman–Crippen LogP) is 2.67. The van der Waals surface area contributed by atoms with Gasteiger partial charge in [-0.1, -0.05) is 29.8 Å². The fraction of sp³-hybridized carbons (Fsp3) is 0.526. The number of ether oxygens (including phenoxy) is 1. The van der Waals surface area contributed by atoms with Crippen LogP contribution in [0.4, 0.5) is 0 Å². The minimum atomic E-state index is -3.57. The molecular formula is C19H24ClN3O4S2. The average molecular weight is 458 g/mol. The number of amides is 1. The molecule has 7 nitrogen and oxygen atoms in total. The number of carbonyl (C=O) groups excluding carboxylic acids is 1. The first-order chi connectivity index (χ1) is 13.8. The molecule has 4 rings (SSSR count). The summed E-state index contributed by atoms with van der Waals surface area (Å²) in [4.78, 5) is 15.2. The topological polar surface area (TPSA) is 70.2 Å². The van der Waals surface area contributed by atoms with E-state index in [-0.39, 0.29) is 31.2 Å². The number of morpholine rings is 1. The zero-order chi connectivity index (χ0) is 20.8. The number of thiophene rings is 1. The SMILES string of the molecule is CC1CN(S(=O)(=O)N2CCN(C(=O)c3sc4ccccc4c3Cl)CC2)CC(C)O1. The molecule has 2 aliphatic rings. The number of piperazine rings is 1. The standard InChI is InChI=1S/C19H24ClN3O4S2/c1-13-11-23(12-14(2)27-13)29(25,26)22-9-7-21(8-10-22)19(24)18-17(20)15-5-3-4-6-16(15)28-18/h3-6,13-14H,7-12H2,1-2H3. The van der Waals surface area contributed by atoms with Gasteiger partial charge < -0.3 is 9.64 Å². The molecular weight excluding hydrogens is 434 g/mol. The highest BCUT2D eigenvalue weighted by molar-refractivity contribution is 7.86. The highest BCUT2D eigenvalue weighted by Crippen LogP contribution is 2.36. The molecule has 1 aromatic heterocycles. The second-order valence-electron chi connectivity index (χ2n) is 7.51. The summed E-state index contributed by atoms with van der Waals surface area (Å²) in [5.41, 5.74) is 0. The van der Waals surface area contributed by atoms with Crippen LogP contribution in [0.15, 0.2) is 24.3 Å². The molecule has 0 saturated carbocycles. The number of hydrogen-bond donors (Lipinski definition) is 0. The van der Waals surface area contributed by atoms with E-state index in [4.69, 9.17) is 16.3 Å². The van der Waals surface area contributed by atoms with E-state index in [0.717, 1.165) is 10.1 Å². The number of carbonyl (C=O) groups is 1. The number of fused-ring (bicyclic) bond motifs is 1. The maximum atomic E-state index is 13.0. The summed E-state index contributed by atoms with van der Waals surface area (Å²) in [6, 6.07) is 7.66. The maximum absolute atomic E-state index is 13.0. The smallest absolute Gasteiger partial charge is 0.282 e. The minimum Gasteiger partial charge on any atom is -0.373 e. The van der Waals surface area contributed by atoms with Gasteiger partial charge in [0.1, 0.15) is 4.88 Å². The van der Waals surface area contributed by atoms with Crippen LogP contribution in [0.1, 0.15) is 23.5 Å². The van der Waals surface area contributed by atoms with Crippen molar-refractivity contribution in [3.8, 4) is 0 Å². The van der Waals surface area contributed by atoms with E-state index >= 15 is 0 Å². The number of hydrogen-bond acceptors (Lipinski definition) is 5. The normalized spacial score (nSPS) is 24.9. The molecule has 10 heteroatoms. The largest absolute Gasteiger partial charge is 0.373 e. The van der Waals surface area contributed by atoms with Crippen LogP contribution in [0.2, 0.25) is 5.02 Å². The van der Waals surface area contributed by atoms with Gasteiger partial charge in [0.2, 0.25) is 0 Å². The van der Waals surface area contributed by atoms with Crippen molar-refractivity contribution < 1.29 is 17.9 Å². The molecule has 0 spiro atoms. The number of rotatable bonds is 3. The van der Waals surface area contributed by atoms with Gasteiger partial charge in [0, 0.05) is 49.4 Å². The Morgan fingerprint density at radius 3 is 2.31 bits per heavy atom. The van der Waals surface area contributed by atoms with Crippen molar-refractivity contribution in [2.75, 3.05) is 39.3 Å². The fourth-order valence-electron chi connectivity index (χ4n) is 3.90. The van der Waals surface area contributed by atoms with Gasteiger partial charge in [-0.15, -0.1) is 11.3 Å². The third kappa shape index (κ3) is 4.04. The third-order valence-electron chi connectivity index (χ3n) is 5.29. The van der Waals surface area contributed by atoms with Crippen LogP contribution >= 0.6 is 22.9 Å². The zero-order valence-electron chi connectivity index (χ0n) is 16.4. The highest BCUT2D eigenvalue weighted by atomic mass is 35.5. The van der Waals surface area contributed by atoms with Crippen molar-refractivity contribution >= 4 is 49.1 Å². The van der Waals surface area contributed by atoms with Gasteiger partial charge >= 0.3 is 0 Å². The monoisotopic (exact) mass is 457 g/mol. The van der Waals surface area contributed by atoms with E-state index in [1.807, 2.05) is 38.1 Å². The molecule has 2 aromatic rings. The summed E-state index contributed by atoms with van der Waals surface area (Å²) in [6.45, 7) is 5.70. The van der Waals surface area contributed by atoms with Crippen LogP contribution in [0.5, 0.6) is 0 Å². The Morgan fingerprint density at radius 2 is 1.69 bits per heavy atom. The molecule has 1 aromatic carbocycles. The van der Waals surface area contributed by atoms with Gasteiger partial charge in [0.05, 0.1) is 17.2 Å². The van der Waals surface area contributed by atoms with Crippen molar-refractivity contribution in [1.82, 2.24) is 13.5 Å². The molecule has 2 unspecified atom stereocenters. The summed E-state index contributed by atoms with van der Waals surface area (Å²) >= 11 is 7.82. The lowest BCUT2D eigenvalue weighted by Gasteiger charge is -2.40. The number of halogens is 1. The summed E-state index contributed by atoms with van der Waals surface area (Å²) in [5, 5.41) is 1.35. The molecule has 29 heavy (non-hydrogen) atoms. The Labute approximate surface area is 180 Å². The fourth-order valence-corrected chi connectivity index (χ4v) is 7.13. The van der Waals surface area contributed by atoms with Gasteiger partial charge in [0.15, 0.2) is 0 Å². The van der Waals surface area contributed by atoms with E-state index in [2.05, 4.69) is 0 Å². The van der Waals surface area contributed by atoms with Crippen molar-refractivity contribution in [3.63, 3.8) is 0 Å². The third-order valence-corrected chi connectivity index (χ3v) is 8.93. The molecule has 2 fully saturated rings. The van der Waals surface area contributed by atoms with Gasteiger partial charge in [-0.2, -0.15) is 17.0 Å². The molecule has 0 bridgehead atoms. The summed E-state index contributed by atoms with van der Waals surface area (Å²) in [7, 11) is -3.57. The average Bonchev–Trinajstić information content (AvgIpc) is 3.04. The Balaban J connectivity index is 1.45. The minimum absolute atomic E-state index is 0.133. The van der Waals surface area contributed by atoms with Crippen LogP contribution in [0.3, 0.4) is 0 Å². The zero-order valence-corrected chi connectivity index (χ0v) is 18.8. The first-order valence-corrected chi connectivity index (χ1v) is 12.2. The van der Waals surface area contributed by atoms with Gasteiger partial charge in [-0.05, 0) is 19.9 Å². The molecule has 3 heterocycles. The van der Waals surface area contributed by atoms with Crippen LogP contribution in [0, 0.1) is 0 Å². The van der Waals surface area contributed by atoms with E-state index in [0.29, 0.717) is 36.1 Å². The number of nitrogens with zero attached hydrogens (tertiary/aromatic N) is 3. The molecule has 2 atom stereocenters. The maximum Gasteiger partial charge on any atom is 0.282 e. The molecule has 2 saturated heterocycles. The van der Waals surface area contributed by atoms with Crippen LogP contribution in [-0.2, 0) is 14.9 Å².